The molecule has 0 aliphatic carbocycles. The molecule has 8 rings (SSSR count). The zero-order chi connectivity index (χ0) is 28.5. The van der Waals surface area contributed by atoms with Gasteiger partial charge in [0.25, 0.3) is 0 Å². The third-order valence-corrected chi connectivity index (χ3v) is 9.64. The molecule has 2 aliphatic heterocycles. The summed E-state index contributed by atoms with van der Waals surface area (Å²) in [5, 5.41) is 42.9. The van der Waals surface area contributed by atoms with Gasteiger partial charge in [-0.2, -0.15) is 0 Å². The average Bonchev–Trinajstić information content (AvgIpc) is 3.63. The van der Waals surface area contributed by atoms with Crippen molar-refractivity contribution in [2.45, 2.75) is 38.3 Å². The summed E-state index contributed by atoms with van der Waals surface area (Å²) in [6.07, 6.45) is 1.18. The molecule has 5 N–H and O–H groups in total. The highest BCUT2D eigenvalue weighted by Crippen LogP contribution is 2.47. The Balaban J connectivity index is 1.24. The summed E-state index contributed by atoms with van der Waals surface area (Å²) in [4.78, 5) is 8.03. The van der Waals surface area contributed by atoms with Crippen LogP contribution in [0.25, 0.3) is 54.4 Å². The Morgan fingerprint density at radius 3 is 2.33 bits per heavy atom. The zero-order valence-corrected chi connectivity index (χ0v) is 24.0. The zero-order valence-electron chi connectivity index (χ0n) is 24.0. The molecule has 5 heterocycles. The molecule has 2 aliphatic rings. The largest absolute Gasteiger partial charge is 0.494 e. The van der Waals surface area contributed by atoms with E-state index in [4.69, 9.17) is 0 Å². The predicted molar refractivity (Wildman–Crippen MR) is 168 cm³/mol. The molecular formula is C33H38N6O3. The molecule has 0 saturated carbocycles. The normalized spacial score (nSPS) is 20.5. The van der Waals surface area contributed by atoms with E-state index in [1.807, 2.05) is 18.3 Å². The maximum absolute atomic E-state index is 11.2. The van der Waals surface area contributed by atoms with Gasteiger partial charge in [-0.3, -0.25) is 0 Å². The minimum Gasteiger partial charge on any atom is -0.494 e. The smallest absolute Gasteiger partial charge is 0.197 e. The number of piperazine rings is 1. The van der Waals surface area contributed by atoms with Crippen molar-refractivity contribution in [2.75, 3.05) is 46.3 Å². The van der Waals surface area contributed by atoms with Gasteiger partial charge < -0.3 is 44.6 Å². The molecule has 0 bridgehead atoms. The van der Waals surface area contributed by atoms with Crippen LogP contribution < -0.4 is 5.32 Å². The van der Waals surface area contributed by atoms with Crippen LogP contribution in [-0.2, 0) is 19.6 Å². The summed E-state index contributed by atoms with van der Waals surface area (Å²) in [5.41, 5.74) is 5.20. The van der Waals surface area contributed by atoms with Crippen LogP contribution in [0.3, 0.4) is 0 Å². The first-order valence-electron chi connectivity index (χ1n) is 15.1. The quantitative estimate of drug-likeness (QED) is 0.198. The van der Waals surface area contributed by atoms with E-state index in [1.54, 1.807) is 0 Å². The van der Waals surface area contributed by atoms with E-state index in [2.05, 4.69) is 66.6 Å². The van der Waals surface area contributed by atoms with Crippen LogP contribution in [0.1, 0.15) is 12.0 Å². The van der Waals surface area contributed by atoms with Gasteiger partial charge in [0.15, 0.2) is 5.88 Å². The lowest BCUT2D eigenvalue weighted by molar-refractivity contribution is 0.00168. The number of aromatic hydroxyl groups is 1. The SMILES string of the molecule is CN1CCN(CCCNCc2ccc3c(c2)c2c4c(O)[nH]cc4c4c5ccccc5n5c4c2n3CC(O)C(O)C5)CC1. The Morgan fingerprint density at radius 2 is 1.55 bits per heavy atom. The molecule has 3 aromatic heterocycles. The minimum absolute atomic E-state index is 0.151. The number of nitrogens with one attached hydrogen (secondary N) is 2. The lowest BCUT2D eigenvalue weighted by atomic mass is 10.0. The maximum Gasteiger partial charge on any atom is 0.197 e. The van der Waals surface area contributed by atoms with E-state index in [-0.39, 0.29) is 12.4 Å². The summed E-state index contributed by atoms with van der Waals surface area (Å²) >= 11 is 0. The van der Waals surface area contributed by atoms with Crippen molar-refractivity contribution in [2.24, 2.45) is 0 Å². The van der Waals surface area contributed by atoms with E-state index in [0.29, 0.717) is 6.54 Å². The highest BCUT2D eigenvalue weighted by Gasteiger charge is 2.30. The number of aromatic nitrogens is 3. The maximum atomic E-state index is 11.2. The molecule has 9 heteroatoms. The second-order valence-corrected chi connectivity index (χ2v) is 12.3. The number of aliphatic hydroxyl groups is 2. The number of H-pyrrole nitrogens is 1. The van der Waals surface area contributed by atoms with E-state index in [0.717, 1.165) is 107 Å². The number of para-hydroxylation sites is 1. The van der Waals surface area contributed by atoms with Crippen molar-refractivity contribution in [1.29, 1.82) is 0 Å². The Labute approximate surface area is 243 Å². The molecule has 2 atom stereocenters. The number of likely N-dealkylation sites (N-methyl/N-ethyl adjacent to an activating group) is 1. The van der Waals surface area contributed by atoms with Crippen molar-refractivity contribution in [3.8, 4) is 5.88 Å². The molecule has 2 unspecified atom stereocenters. The van der Waals surface area contributed by atoms with E-state index in [1.165, 1.54) is 5.56 Å². The van der Waals surface area contributed by atoms with Gasteiger partial charge in [-0.1, -0.05) is 24.3 Å². The minimum atomic E-state index is -0.926. The number of benzene rings is 3. The fourth-order valence-corrected chi connectivity index (χ4v) is 7.42. The lowest BCUT2D eigenvalue weighted by Crippen LogP contribution is -2.45. The average molecular weight is 567 g/mol. The first-order chi connectivity index (χ1) is 20.5. The predicted octanol–water partition coefficient (Wildman–Crippen LogP) is 3.55. The Morgan fingerprint density at radius 1 is 0.833 bits per heavy atom. The molecule has 6 aromatic rings. The van der Waals surface area contributed by atoms with Gasteiger partial charge in [0.1, 0.15) is 0 Å². The molecule has 0 radical (unpaired) electrons. The van der Waals surface area contributed by atoms with Crippen molar-refractivity contribution >= 4 is 54.4 Å². The van der Waals surface area contributed by atoms with E-state index in [9.17, 15) is 15.3 Å². The summed E-state index contributed by atoms with van der Waals surface area (Å²) in [6.45, 7) is 8.01. The number of hydrogen-bond acceptors (Lipinski definition) is 6. The summed E-state index contributed by atoms with van der Waals surface area (Å²) in [7, 11) is 2.19. The van der Waals surface area contributed by atoms with Gasteiger partial charge >= 0.3 is 0 Å². The van der Waals surface area contributed by atoms with E-state index >= 15 is 0 Å². The first kappa shape index (κ1) is 26.1. The number of hydrogen-bond donors (Lipinski definition) is 5. The fourth-order valence-electron chi connectivity index (χ4n) is 7.42. The molecule has 0 amide bonds. The highest BCUT2D eigenvalue weighted by molar-refractivity contribution is 6.36. The van der Waals surface area contributed by atoms with Crippen molar-refractivity contribution in [1.82, 2.24) is 29.2 Å². The number of fused-ring (bicyclic) bond motifs is 9. The van der Waals surface area contributed by atoms with Gasteiger partial charge in [-0.15, -0.1) is 0 Å². The van der Waals surface area contributed by atoms with Crippen LogP contribution in [0.5, 0.6) is 5.88 Å². The number of rotatable bonds is 6. The van der Waals surface area contributed by atoms with Gasteiger partial charge in [-0.25, -0.2) is 0 Å². The topological polar surface area (TPSA) is 105 Å². The number of aromatic amines is 1. The third kappa shape index (κ3) is 3.95. The van der Waals surface area contributed by atoms with Crippen LogP contribution in [0, 0.1) is 0 Å². The molecule has 218 valence electrons. The van der Waals surface area contributed by atoms with Crippen molar-refractivity contribution < 1.29 is 15.3 Å². The van der Waals surface area contributed by atoms with Crippen LogP contribution in [0.4, 0.5) is 0 Å². The van der Waals surface area contributed by atoms with Crippen LogP contribution >= 0.6 is 0 Å². The summed E-state index contributed by atoms with van der Waals surface area (Å²) in [5.74, 6) is 0.151. The Kier molecular flexibility index (Phi) is 6.20. The third-order valence-electron chi connectivity index (χ3n) is 9.64. The monoisotopic (exact) mass is 566 g/mol. The van der Waals surface area contributed by atoms with Gasteiger partial charge in [0, 0.05) is 76.9 Å². The van der Waals surface area contributed by atoms with Crippen LogP contribution in [0.15, 0.2) is 48.7 Å². The first-order valence-corrected chi connectivity index (χ1v) is 15.1. The van der Waals surface area contributed by atoms with Gasteiger partial charge in [-0.05, 0) is 50.3 Å². The number of aliphatic hydroxyl groups excluding tert-OH is 2. The molecule has 42 heavy (non-hydrogen) atoms. The summed E-state index contributed by atoms with van der Waals surface area (Å²) in [6, 6.07) is 14.7. The number of nitrogens with zero attached hydrogens (tertiary/aromatic N) is 4. The molecule has 9 nitrogen and oxygen atoms in total. The van der Waals surface area contributed by atoms with Gasteiger partial charge in [0.05, 0.1) is 41.7 Å². The molecule has 3 aromatic carbocycles. The second-order valence-electron chi connectivity index (χ2n) is 12.3. The molecular weight excluding hydrogens is 528 g/mol. The standard InChI is InChI=1S/C33H38N6O3/c1-36-11-13-37(14-12-36)10-4-9-34-16-20-7-8-25-22(15-20)29-30-23(17-35-33(30)42)28-21-5-2-3-6-24(21)38-18-26(40)27(41)19-39(25)32(29)31(28)38/h2-3,5-8,15,17,26-27,34-35,40-42H,4,9-14,16,18-19H2,1H3. The van der Waals surface area contributed by atoms with Crippen molar-refractivity contribution in [3.63, 3.8) is 0 Å². The van der Waals surface area contributed by atoms with Crippen LogP contribution in [-0.4, -0.2) is 97.8 Å². The highest BCUT2D eigenvalue weighted by atomic mass is 16.3. The van der Waals surface area contributed by atoms with Crippen LogP contribution in [0.2, 0.25) is 0 Å². The summed E-state index contributed by atoms with van der Waals surface area (Å²) < 4.78 is 4.30. The van der Waals surface area contributed by atoms with Crippen molar-refractivity contribution in [3.05, 3.63) is 54.2 Å². The second kappa shape index (κ2) is 10.00. The Hall–Kier alpha value is -3.60. The lowest BCUT2D eigenvalue weighted by Gasteiger charge is -2.32. The molecule has 1 fully saturated rings. The molecule has 1 saturated heterocycles. The molecule has 0 spiro atoms. The van der Waals surface area contributed by atoms with Gasteiger partial charge in [0.2, 0.25) is 0 Å². The Bertz CT molecular complexity index is 1960. The van der Waals surface area contributed by atoms with E-state index < -0.39 is 12.2 Å². The fraction of sp³-hybridized carbons (Fsp3) is 0.394.